The van der Waals surface area contributed by atoms with Crippen LogP contribution in [0.4, 0.5) is 0 Å². The summed E-state index contributed by atoms with van der Waals surface area (Å²) in [6, 6.07) is 4.80. The lowest BCUT2D eigenvalue weighted by Gasteiger charge is -2.27. The van der Waals surface area contributed by atoms with Crippen molar-refractivity contribution >= 4 is 35.0 Å². The molecule has 0 aliphatic carbocycles. The molecule has 1 saturated heterocycles. The first kappa shape index (κ1) is 16.1. The van der Waals surface area contributed by atoms with Crippen LogP contribution in [0, 0.1) is 0 Å². The predicted octanol–water partition coefficient (Wildman–Crippen LogP) is 2.03. The lowest BCUT2D eigenvalue weighted by atomic mass is 10.1. The molecule has 0 radical (unpaired) electrons. The molecule has 5 nitrogen and oxygen atoms in total. The Labute approximate surface area is 133 Å². The Kier molecular flexibility index (Phi) is 5.45. The monoisotopic (exact) mass is 330 g/mol. The van der Waals surface area contributed by atoms with E-state index in [4.69, 9.17) is 27.9 Å². The van der Waals surface area contributed by atoms with Gasteiger partial charge in [-0.05, 0) is 30.7 Å². The van der Waals surface area contributed by atoms with Crippen molar-refractivity contribution in [3.63, 3.8) is 0 Å². The minimum Gasteiger partial charge on any atom is -0.370 e. The number of carbonyl (C=O) groups is 2. The molecule has 1 fully saturated rings. The molecule has 1 heterocycles. The summed E-state index contributed by atoms with van der Waals surface area (Å²) in [5.74, 6) is -0.418. The summed E-state index contributed by atoms with van der Waals surface area (Å²) in [6.07, 6.45) is 0. The molecule has 21 heavy (non-hydrogen) atoms. The number of halogens is 2. The maximum Gasteiger partial charge on any atom is 0.249 e. The SMILES string of the molecule is C[C@H](NC(=O)CN1CCOCC1=O)c1cc(Cl)ccc1Cl. The van der Waals surface area contributed by atoms with Crippen molar-refractivity contribution in [3.8, 4) is 0 Å². The highest BCUT2D eigenvalue weighted by atomic mass is 35.5. The van der Waals surface area contributed by atoms with E-state index in [0.29, 0.717) is 23.2 Å². The lowest BCUT2D eigenvalue weighted by Crippen LogP contribution is -2.47. The molecule has 0 saturated carbocycles. The zero-order chi connectivity index (χ0) is 15.4. The van der Waals surface area contributed by atoms with Crippen molar-refractivity contribution in [1.29, 1.82) is 0 Å². The van der Waals surface area contributed by atoms with Gasteiger partial charge < -0.3 is 15.0 Å². The van der Waals surface area contributed by atoms with Gasteiger partial charge in [0.2, 0.25) is 11.8 Å². The summed E-state index contributed by atoms with van der Waals surface area (Å²) in [7, 11) is 0. The maximum atomic E-state index is 12.0. The quantitative estimate of drug-likeness (QED) is 0.918. The van der Waals surface area contributed by atoms with Gasteiger partial charge >= 0.3 is 0 Å². The number of ether oxygens (including phenoxy) is 1. The fraction of sp³-hybridized carbons (Fsp3) is 0.429. The second-order valence-corrected chi connectivity index (χ2v) is 5.67. The molecule has 0 aromatic heterocycles. The minimum atomic E-state index is -0.292. The van der Waals surface area contributed by atoms with Gasteiger partial charge in [0.15, 0.2) is 0 Å². The second kappa shape index (κ2) is 7.11. The Morgan fingerprint density at radius 3 is 2.95 bits per heavy atom. The van der Waals surface area contributed by atoms with E-state index in [0.717, 1.165) is 5.56 Å². The van der Waals surface area contributed by atoms with Crippen LogP contribution in [0.5, 0.6) is 0 Å². The van der Waals surface area contributed by atoms with E-state index in [2.05, 4.69) is 5.32 Å². The van der Waals surface area contributed by atoms with Gasteiger partial charge in [0.05, 0.1) is 19.2 Å². The highest BCUT2D eigenvalue weighted by Crippen LogP contribution is 2.26. The van der Waals surface area contributed by atoms with Crippen LogP contribution in [0.25, 0.3) is 0 Å². The maximum absolute atomic E-state index is 12.0. The summed E-state index contributed by atoms with van der Waals surface area (Å²) in [4.78, 5) is 25.1. The first-order chi connectivity index (χ1) is 9.97. The van der Waals surface area contributed by atoms with Crippen molar-refractivity contribution in [2.24, 2.45) is 0 Å². The van der Waals surface area contributed by atoms with Gasteiger partial charge in [-0.25, -0.2) is 0 Å². The van der Waals surface area contributed by atoms with Crippen molar-refractivity contribution < 1.29 is 14.3 Å². The smallest absolute Gasteiger partial charge is 0.249 e. The Balaban J connectivity index is 1.95. The normalized spacial score (nSPS) is 16.7. The van der Waals surface area contributed by atoms with Crippen LogP contribution in [-0.2, 0) is 14.3 Å². The van der Waals surface area contributed by atoms with E-state index in [1.165, 1.54) is 4.90 Å². The van der Waals surface area contributed by atoms with Gasteiger partial charge in [-0.15, -0.1) is 0 Å². The average Bonchev–Trinajstić information content (AvgIpc) is 2.44. The minimum absolute atomic E-state index is 0.0186. The van der Waals surface area contributed by atoms with Crippen LogP contribution in [-0.4, -0.2) is 43.0 Å². The summed E-state index contributed by atoms with van der Waals surface area (Å²) in [5, 5.41) is 3.91. The molecule has 0 bridgehead atoms. The van der Waals surface area contributed by atoms with Crippen LogP contribution >= 0.6 is 23.2 Å². The van der Waals surface area contributed by atoms with E-state index in [-0.39, 0.29) is 31.0 Å². The van der Waals surface area contributed by atoms with Crippen molar-refractivity contribution in [2.45, 2.75) is 13.0 Å². The summed E-state index contributed by atoms with van der Waals surface area (Å²) in [5.41, 5.74) is 0.742. The molecule has 2 rings (SSSR count). The Morgan fingerprint density at radius 2 is 2.24 bits per heavy atom. The van der Waals surface area contributed by atoms with Crippen LogP contribution in [0.1, 0.15) is 18.5 Å². The Bertz CT molecular complexity index is 551. The lowest BCUT2D eigenvalue weighted by molar-refractivity contribution is -0.146. The van der Waals surface area contributed by atoms with Gasteiger partial charge in [0.1, 0.15) is 6.61 Å². The molecule has 0 unspecified atom stereocenters. The van der Waals surface area contributed by atoms with Gasteiger partial charge in [0, 0.05) is 16.6 Å². The van der Waals surface area contributed by atoms with Gasteiger partial charge in [-0.3, -0.25) is 9.59 Å². The van der Waals surface area contributed by atoms with E-state index in [1.807, 2.05) is 6.92 Å². The third-order valence-corrected chi connectivity index (χ3v) is 3.80. The topological polar surface area (TPSA) is 58.6 Å². The zero-order valence-electron chi connectivity index (χ0n) is 11.6. The molecule has 1 aromatic rings. The van der Waals surface area contributed by atoms with E-state index < -0.39 is 0 Å². The molecule has 7 heteroatoms. The third kappa shape index (κ3) is 4.33. The summed E-state index contributed by atoms with van der Waals surface area (Å²) in [6.45, 7) is 2.75. The van der Waals surface area contributed by atoms with E-state index in [9.17, 15) is 9.59 Å². The molecular formula is C14H16Cl2N2O3. The van der Waals surface area contributed by atoms with Crippen LogP contribution in [0.2, 0.25) is 10.0 Å². The van der Waals surface area contributed by atoms with Gasteiger partial charge in [0.25, 0.3) is 0 Å². The highest BCUT2D eigenvalue weighted by molar-refractivity contribution is 6.33. The number of carbonyl (C=O) groups excluding carboxylic acids is 2. The standard InChI is InChI=1S/C14H16Cl2N2O3/c1-9(11-6-10(15)2-3-12(11)16)17-13(19)7-18-4-5-21-8-14(18)20/h2-3,6,9H,4-5,7-8H2,1H3,(H,17,19)/t9-/m0/s1. The number of nitrogens with one attached hydrogen (secondary N) is 1. The molecule has 1 aliphatic rings. The molecule has 1 aromatic carbocycles. The van der Waals surface area contributed by atoms with Crippen molar-refractivity contribution in [2.75, 3.05) is 26.3 Å². The number of benzene rings is 1. The Morgan fingerprint density at radius 1 is 1.48 bits per heavy atom. The van der Waals surface area contributed by atoms with Gasteiger partial charge in [-0.1, -0.05) is 23.2 Å². The Hall–Kier alpha value is -1.30. The molecule has 114 valence electrons. The second-order valence-electron chi connectivity index (χ2n) is 4.82. The van der Waals surface area contributed by atoms with Crippen LogP contribution < -0.4 is 5.32 Å². The number of morpholine rings is 1. The van der Waals surface area contributed by atoms with Gasteiger partial charge in [-0.2, -0.15) is 0 Å². The van der Waals surface area contributed by atoms with E-state index in [1.54, 1.807) is 18.2 Å². The molecular weight excluding hydrogens is 315 g/mol. The van der Waals surface area contributed by atoms with Crippen LogP contribution in [0.3, 0.4) is 0 Å². The van der Waals surface area contributed by atoms with Crippen LogP contribution in [0.15, 0.2) is 18.2 Å². The van der Waals surface area contributed by atoms with Crippen molar-refractivity contribution in [3.05, 3.63) is 33.8 Å². The average molecular weight is 331 g/mol. The largest absolute Gasteiger partial charge is 0.370 e. The summed E-state index contributed by atoms with van der Waals surface area (Å²) >= 11 is 12.0. The number of amides is 2. The summed E-state index contributed by atoms with van der Waals surface area (Å²) < 4.78 is 5.02. The predicted molar refractivity (Wildman–Crippen MR) is 80.4 cm³/mol. The number of rotatable bonds is 4. The third-order valence-electron chi connectivity index (χ3n) is 3.22. The van der Waals surface area contributed by atoms with E-state index >= 15 is 0 Å². The zero-order valence-corrected chi connectivity index (χ0v) is 13.1. The highest BCUT2D eigenvalue weighted by Gasteiger charge is 2.22. The fourth-order valence-electron chi connectivity index (χ4n) is 2.10. The fourth-order valence-corrected chi connectivity index (χ4v) is 2.56. The number of hydrogen-bond acceptors (Lipinski definition) is 3. The molecule has 1 N–H and O–H groups in total. The first-order valence-electron chi connectivity index (χ1n) is 6.57. The molecule has 1 atom stereocenters. The first-order valence-corrected chi connectivity index (χ1v) is 7.33. The number of nitrogens with zero attached hydrogens (tertiary/aromatic N) is 1. The number of hydrogen-bond donors (Lipinski definition) is 1. The molecule has 0 spiro atoms. The molecule has 2 amide bonds. The molecule has 1 aliphatic heterocycles. The van der Waals surface area contributed by atoms with Crippen molar-refractivity contribution in [1.82, 2.24) is 10.2 Å².